The predicted molar refractivity (Wildman–Crippen MR) is 78.1 cm³/mol. The van der Waals surface area contributed by atoms with E-state index in [0.29, 0.717) is 5.16 Å². The molecular formula is C9H20Cl2N6S. The minimum Gasteiger partial charge on any atom is -0.304 e. The van der Waals surface area contributed by atoms with Crippen LogP contribution in [-0.4, -0.2) is 69.8 Å². The number of aryl methyl sites for hydroxylation is 1. The largest absolute Gasteiger partial charge is 0.304 e. The maximum absolute atomic E-state index is 4.17. The first-order valence-corrected chi connectivity index (χ1v) is 6.06. The molecule has 0 amide bonds. The van der Waals surface area contributed by atoms with Gasteiger partial charge in [0.25, 0.3) is 0 Å². The highest BCUT2D eigenvalue weighted by molar-refractivity contribution is 7.80. The molecule has 106 valence electrons. The third-order valence-corrected chi connectivity index (χ3v) is 3.27. The standard InChI is InChI=1S/C9H18N6S.2ClH/c1-13-5-7-14(8-6-13)3-2-4-15-9(16)10-11-12-15;;/h2-8H2,1H3,(H,10,12,16);2*1H. The van der Waals surface area contributed by atoms with Crippen LogP contribution in [0.4, 0.5) is 0 Å². The summed E-state index contributed by atoms with van der Waals surface area (Å²) >= 11 is 4.17. The minimum absolute atomic E-state index is 0. The lowest BCUT2D eigenvalue weighted by Gasteiger charge is -2.32. The Morgan fingerprint density at radius 3 is 2.33 bits per heavy atom. The molecule has 1 aliphatic rings. The van der Waals surface area contributed by atoms with Crippen molar-refractivity contribution in [1.29, 1.82) is 0 Å². The zero-order chi connectivity index (χ0) is 11.4. The second-order valence-electron chi connectivity index (χ2n) is 4.20. The van der Waals surface area contributed by atoms with Crippen molar-refractivity contribution in [2.24, 2.45) is 0 Å². The molecule has 1 aromatic rings. The smallest absolute Gasteiger partial charge is 0.206 e. The van der Waals surface area contributed by atoms with Crippen LogP contribution in [0.3, 0.4) is 0 Å². The Balaban J connectivity index is 0.00000144. The SMILES string of the molecule is CN1CCN(CCCn2nnnc2S)CC1.Cl.Cl. The van der Waals surface area contributed by atoms with Crippen molar-refractivity contribution in [2.45, 2.75) is 18.1 Å². The Morgan fingerprint density at radius 1 is 1.11 bits per heavy atom. The third-order valence-electron chi connectivity index (χ3n) is 2.95. The minimum atomic E-state index is 0. The van der Waals surface area contributed by atoms with Crippen molar-refractivity contribution >= 4 is 37.4 Å². The Labute approximate surface area is 125 Å². The summed E-state index contributed by atoms with van der Waals surface area (Å²) in [5.74, 6) is 0. The van der Waals surface area contributed by atoms with Crippen LogP contribution in [0.2, 0.25) is 0 Å². The lowest BCUT2D eigenvalue weighted by molar-refractivity contribution is 0.150. The first-order valence-electron chi connectivity index (χ1n) is 5.62. The van der Waals surface area contributed by atoms with Gasteiger partial charge in [0.2, 0.25) is 5.16 Å². The number of aromatic nitrogens is 4. The molecule has 18 heavy (non-hydrogen) atoms. The van der Waals surface area contributed by atoms with Gasteiger partial charge in [0.15, 0.2) is 0 Å². The van der Waals surface area contributed by atoms with Crippen LogP contribution in [0.25, 0.3) is 0 Å². The van der Waals surface area contributed by atoms with Gasteiger partial charge in [-0.1, -0.05) is 0 Å². The fourth-order valence-corrected chi connectivity index (χ4v) is 2.04. The predicted octanol–water partition coefficient (Wildman–Crippen LogP) is 0.443. The van der Waals surface area contributed by atoms with Crippen molar-refractivity contribution in [2.75, 3.05) is 39.8 Å². The van der Waals surface area contributed by atoms with Crippen LogP contribution in [0.15, 0.2) is 5.16 Å². The molecule has 1 aliphatic heterocycles. The normalized spacial score (nSPS) is 17.0. The Hall–Kier alpha value is -0.0800. The number of nitrogens with zero attached hydrogens (tertiary/aromatic N) is 6. The maximum Gasteiger partial charge on any atom is 0.206 e. The molecule has 6 nitrogen and oxygen atoms in total. The van der Waals surface area contributed by atoms with Gasteiger partial charge in [0.05, 0.1) is 0 Å². The van der Waals surface area contributed by atoms with E-state index in [1.807, 2.05) is 0 Å². The maximum atomic E-state index is 4.17. The molecule has 0 unspecified atom stereocenters. The average Bonchev–Trinajstić information content (AvgIpc) is 2.68. The summed E-state index contributed by atoms with van der Waals surface area (Å²) < 4.78 is 1.74. The highest BCUT2D eigenvalue weighted by Gasteiger charge is 2.13. The number of tetrazole rings is 1. The fourth-order valence-electron chi connectivity index (χ4n) is 1.86. The van der Waals surface area contributed by atoms with Crippen LogP contribution in [0.5, 0.6) is 0 Å². The molecule has 1 aromatic heterocycles. The van der Waals surface area contributed by atoms with Gasteiger partial charge >= 0.3 is 0 Å². The van der Waals surface area contributed by atoms with E-state index in [2.05, 4.69) is 45.0 Å². The second kappa shape index (κ2) is 8.92. The molecule has 0 saturated carbocycles. The van der Waals surface area contributed by atoms with Crippen LogP contribution < -0.4 is 0 Å². The number of rotatable bonds is 4. The fraction of sp³-hybridized carbons (Fsp3) is 0.889. The van der Waals surface area contributed by atoms with E-state index in [9.17, 15) is 0 Å². The summed E-state index contributed by atoms with van der Waals surface area (Å²) in [6, 6.07) is 0. The molecule has 2 heterocycles. The highest BCUT2D eigenvalue weighted by atomic mass is 35.5. The molecule has 0 N–H and O–H groups in total. The molecule has 9 heteroatoms. The van der Waals surface area contributed by atoms with Crippen molar-refractivity contribution in [3.05, 3.63) is 0 Å². The molecular weight excluding hydrogens is 295 g/mol. The summed E-state index contributed by atoms with van der Waals surface area (Å²) in [6.45, 7) is 6.63. The molecule has 0 atom stereocenters. The molecule has 0 bridgehead atoms. The van der Waals surface area contributed by atoms with Crippen LogP contribution in [0, 0.1) is 0 Å². The lowest BCUT2D eigenvalue weighted by Crippen LogP contribution is -2.44. The number of thiol groups is 1. The number of hydrogen-bond donors (Lipinski definition) is 1. The van der Waals surface area contributed by atoms with Crippen LogP contribution in [0.1, 0.15) is 6.42 Å². The third kappa shape index (κ3) is 5.27. The number of likely N-dealkylation sites (N-methyl/N-ethyl adjacent to an activating group) is 1. The van der Waals surface area contributed by atoms with E-state index in [1.54, 1.807) is 4.68 Å². The molecule has 0 spiro atoms. The van der Waals surface area contributed by atoms with Crippen molar-refractivity contribution < 1.29 is 0 Å². The molecule has 0 aliphatic carbocycles. The summed E-state index contributed by atoms with van der Waals surface area (Å²) in [5, 5.41) is 11.8. The van der Waals surface area contributed by atoms with Gasteiger partial charge in [0, 0.05) is 39.3 Å². The van der Waals surface area contributed by atoms with Crippen LogP contribution >= 0.6 is 37.4 Å². The second-order valence-corrected chi connectivity index (χ2v) is 4.60. The van der Waals surface area contributed by atoms with Gasteiger partial charge in [0.1, 0.15) is 0 Å². The average molecular weight is 315 g/mol. The van der Waals surface area contributed by atoms with Gasteiger partial charge in [-0.05, 0) is 23.9 Å². The Morgan fingerprint density at radius 2 is 1.78 bits per heavy atom. The van der Waals surface area contributed by atoms with Crippen LogP contribution in [-0.2, 0) is 6.54 Å². The van der Waals surface area contributed by atoms with Gasteiger partial charge in [-0.15, -0.1) is 42.5 Å². The quantitative estimate of drug-likeness (QED) is 0.817. The van der Waals surface area contributed by atoms with Crippen molar-refractivity contribution in [3.8, 4) is 0 Å². The summed E-state index contributed by atoms with van der Waals surface area (Å²) in [4.78, 5) is 4.85. The van der Waals surface area contributed by atoms with E-state index in [1.165, 1.54) is 26.2 Å². The molecule has 1 saturated heterocycles. The van der Waals surface area contributed by atoms with Gasteiger partial charge in [-0.3, -0.25) is 0 Å². The lowest BCUT2D eigenvalue weighted by atomic mass is 10.3. The molecule has 0 aromatic carbocycles. The van der Waals surface area contributed by atoms with Gasteiger partial charge in [-0.25, -0.2) is 4.68 Å². The summed E-state index contributed by atoms with van der Waals surface area (Å²) in [6.07, 6.45) is 1.07. The zero-order valence-corrected chi connectivity index (χ0v) is 12.9. The Kier molecular flexibility index (Phi) is 8.89. The van der Waals surface area contributed by atoms with Gasteiger partial charge < -0.3 is 9.80 Å². The number of halogens is 2. The molecule has 0 radical (unpaired) electrons. The van der Waals surface area contributed by atoms with Gasteiger partial charge in [-0.2, -0.15) is 0 Å². The summed E-state index contributed by atoms with van der Waals surface area (Å²) in [7, 11) is 2.17. The number of piperazine rings is 1. The summed E-state index contributed by atoms with van der Waals surface area (Å²) in [5.41, 5.74) is 0. The first-order chi connectivity index (χ1) is 7.75. The first kappa shape index (κ1) is 17.9. The van der Waals surface area contributed by atoms with Crippen molar-refractivity contribution in [3.63, 3.8) is 0 Å². The van der Waals surface area contributed by atoms with E-state index in [-0.39, 0.29) is 24.8 Å². The zero-order valence-electron chi connectivity index (χ0n) is 10.4. The highest BCUT2D eigenvalue weighted by Crippen LogP contribution is 2.03. The van der Waals surface area contributed by atoms with E-state index < -0.39 is 0 Å². The number of hydrogen-bond acceptors (Lipinski definition) is 6. The van der Waals surface area contributed by atoms with Crippen molar-refractivity contribution in [1.82, 2.24) is 30.0 Å². The monoisotopic (exact) mass is 314 g/mol. The Bertz CT molecular complexity index is 329. The molecule has 1 fully saturated rings. The topological polar surface area (TPSA) is 50.1 Å². The van der Waals surface area contributed by atoms with E-state index in [0.717, 1.165) is 19.5 Å². The van der Waals surface area contributed by atoms with E-state index >= 15 is 0 Å². The van der Waals surface area contributed by atoms with E-state index in [4.69, 9.17) is 0 Å². The molecule has 2 rings (SSSR count).